The van der Waals surface area contributed by atoms with Crippen LogP contribution in [0.25, 0.3) is 0 Å². The molecule has 2 rings (SSSR count). The van der Waals surface area contributed by atoms with Gasteiger partial charge >= 0.3 is 7.12 Å². The van der Waals surface area contributed by atoms with Gasteiger partial charge in [0.15, 0.2) is 0 Å². The summed E-state index contributed by atoms with van der Waals surface area (Å²) in [6.07, 6.45) is 0. The highest BCUT2D eigenvalue weighted by atomic mass is 16.5. The molecule has 0 bridgehead atoms. The number of hydrogen-bond acceptors (Lipinski definition) is 5. The number of tetrazole rings is 1. The number of benzene rings is 1. The predicted octanol–water partition coefficient (Wildman–Crippen LogP) is -1.03. The highest BCUT2D eigenvalue weighted by molar-refractivity contribution is 6.58. The third-order valence-corrected chi connectivity index (χ3v) is 1.57. The van der Waals surface area contributed by atoms with Gasteiger partial charge in [0.2, 0.25) is 5.72 Å². The van der Waals surface area contributed by atoms with Crippen molar-refractivity contribution in [2.24, 2.45) is 0 Å². The smallest absolute Gasteiger partial charge is 0.530 e. The summed E-state index contributed by atoms with van der Waals surface area (Å²) in [7, 11) is -1.20. The van der Waals surface area contributed by atoms with Crippen LogP contribution < -0.4 is 10.4 Å². The summed E-state index contributed by atoms with van der Waals surface area (Å²) < 4.78 is 5.13. The first-order chi connectivity index (χ1) is 6.86. The second kappa shape index (κ2) is 3.88. The van der Waals surface area contributed by atoms with Crippen molar-refractivity contribution in [2.75, 3.05) is 0 Å². The second-order valence-corrected chi connectivity index (χ2v) is 2.55. The van der Waals surface area contributed by atoms with Gasteiger partial charge in [-0.25, -0.2) is 0 Å². The normalized spacial score (nSPS) is 9.79. The summed E-state index contributed by atoms with van der Waals surface area (Å²) in [6, 6.07) is 8.91. The molecule has 0 aliphatic carbocycles. The van der Waals surface area contributed by atoms with Crippen LogP contribution in [0.2, 0.25) is 0 Å². The Morgan fingerprint density at radius 3 is 2.71 bits per heavy atom. The molecule has 1 heterocycles. The number of aromatic amines is 1. The quantitative estimate of drug-likeness (QED) is 0.604. The predicted molar refractivity (Wildman–Crippen MR) is 48.9 cm³/mol. The summed E-state index contributed by atoms with van der Waals surface area (Å²) in [6.45, 7) is 0. The van der Waals surface area contributed by atoms with Gasteiger partial charge in [-0.1, -0.05) is 23.4 Å². The molecule has 1 aromatic heterocycles. The van der Waals surface area contributed by atoms with Crippen LogP contribution in [0, 0.1) is 0 Å². The summed E-state index contributed by atoms with van der Waals surface area (Å²) in [5.41, 5.74) is 0.105. The molecule has 0 saturated carbocycles. The number of aromatic nitrogens is 4. The number of rotatable bonds is 3. The Bertz CT molecular complexity index is 380. The first-order valence-corrected chi connectivity index (χ1v) is 3.99. The Labute approximate surface area is 80.1 Å². The lowest BCUT2D eigenvalue weighted by atomic mass is 9.90. The van der Waals surface area contributed by atoms with Crippen LogP contribution in [0.3, 0.4) is 0 Å². The lowest BCUT2D eigenvalue weighted by molar-refractivity contribution is 0.429. The van der Waals surface area contributed by atoms with E-state index in [9.17, 15) is 5.02 Å². The Balaban J connectivity index is 2.06. The molecule has 0 aliphatic rings. The maximum absolute atomic E-state index is 9.46. The fraction of sp³-hybridized carbons (Fsp3) is 0. The zero-order chi connectivity index (χ0) is 9.80. The van der Waals surface area contributed by atoms with Crippen molar-refractivity contribution in [2.45, 2.75) is 0 Å². The molecule has 0 saturated heterocycles. The Morgan fingerprint density at radius 2 is 2.07 bits per heavy atom. The summed E-state index contributed by atoms with van der Waals surface area (Å²) in [4.78, 5) is 0. The van der Waals surface area contributed by atoms with Crippen molar-refractivity contribution in [3.63, 3.8) is 0 Å². The van der Waals surface area contributed by atoms with E-state index < -0.39 is 7.12 Å². The van der Waals surface area contributed by atoms with Gasteiger partial charge in [0, 0.05) is 0 Å². The minimum atomic E-state index is -1.20. The molecule has 0 fully saturated rings. The van der Waals surface area contributed by atoms with Gasteiger partial charge in [-0.3, -0.25) is 0 Å². The molecule has 0 atom stereocenters. The van der Waals surface area contributed by atoms with Crippen molar-refractivity contribution < 1.29 is 9.68 Å². The Hall–Kier alpha value is -1.89. The van der Waals surface area contributed by atoms with Crippen molar-refractivity contribution in [1.82, 2.24) is 20.6 Å². The summed E-state index contributed by atoms with van der Waals surface area (Å²) in [5.74, 6) is 0.546. The van der Waals surface area contributed by atoms with Gasteiger partial charge < -0.3 is 9.68 Å². The average Bonchev–Trinajstić information content (AvgIpc) is 2.72. The van der Waals surface area contributed by atoms with Gasteiger partial charge in [0.05, 0.1) is 0 Å². The van der Waals surface area contributed by atoms with Gasteiger partial charge in [-0.2, -0.15) is 5.21 Å². The third kappa shape index (κ3) is 1.88. The summed E-state index contributed by atoms with van der Waals surface area (Å²) in [5, 5.41) is 22.2. The van der Waals surface area contributed by atoms with E-state index in [1.165, 1.54) is 0 Å². The van der Waals surface area contributed by atoms with Gasteiger partial charge in [-0.05, 0) is 12.1 Å². The molecule has 70 valence electrons. The fourth-order valence-corrected chi connectivity index (χ4v) is 0.955. The molecule has 0 amide bonds. The van der Waals surface area contributed by atoms with E-state index in [1.54, 1.807) is 24.3 Å². The topological polar surface area (TPSA) is 83.9 Å². The number of para-hydroxylation sites is 1. The zero-order valence-corrected chi connectivity index (χ0v) is 7.16. The molecule has 0 radical (unpaired) electrons. The van der Waals surface area contributed by atoms with Crippen LogP contribution in [-0.2, 0) is 0 Å². The Kier molecular flexibility index (Phi) is 2.41. The maximum Gasteiger partial charge on any atom is 0.604 e. The molecule has 0 aliphatic heterocycles. The van der Waals surface area contributed by atoms with Gasteiger partial charge in [-0.15, -0.1) is 10.2 Å². The maximum atomic E-state index is 9.46. The SMILES string of the molecule is OB(Oc1ccccc1)c1nn[nH]n1. The zero-order valence-electron chi connectivity index (χ0n) is 7.16. The van der Waals surface area contributed by atoms with Gasteiger partial charge in [0.25, 0.3) is 0 Å². The fourth-order valence-electron chi connectivity index (χ4n) is 0.955. The standard InChI is InChI=1S/C7H7BN4O2/c13-8(7-9-11-12-10-7)14-6-4-2-1-3-5-6/h1-5,13H,(H,9,10,11,12). The lowest BCUT2D eigenvalue weighted by Gasteiger charge is -2.05. The van der Waals surface area contributed by atoms with E-state index in [1.807, 2.05) is 6.07 Å². The number of nitrogens with zero attached hydrogens (tertiary/aromatic N) is 3. The minimum Gasteiger partial charge on any atom is -0.530 e. The molecule has 2 N–H and O–H groups in total. The lowest BCUT2D eigenvalue weighted by Crippen LogP contribution is -2.39. The van der Waals surface area contributed by atoms with E-state index in [0.717, 1.165) is 0 Å². The molecular weight excluding hydrogens is 183 g/mol. The molecule has 0 spiro atoms. The van der Waals surface area contributed by atoms with Crippen molar-refractivity contribution >= 4 is 12.8 Å². The van der Waals surface area contributed by atoms with E-state index in [2.05, 4.69) is 20.6 Å². The molecule has 7 heteroatoms. The number of hydrogen-bond donors (Lipinski definition) is 2. The van der Waals surface area contributed by atoms with Crippen LogP contribution in [0.1, 0.15) is 0 Å². The van der Waals surface area contributed by atoms with Crippen LogP contribution in [0.4, 0.5) is 0 Å². The highest BCUT2D eigenvalue weighted by Crippen LogP contribution is 2.08. The van der Waals surface area contributed by atoms with E-state index in [0.29, 0.717) is 5.75 Å². The minimum absolute atomic E-state index is 0.105. The first-order valence-electron chi connectivity index (χ1n) is 3.99. The first kappa shape index (κ1) is 8.70. The molecular formula is C7H7BN4O2. The monoisotopic (exact) mass is 190 g/mol. The highest BCUT2D eigenvalue weighted by Gasteiger charge is 2.23. The molecule has 0 unspecified atom stereocenters. The van der Waals surface area contributed by atoms with Crippen LogP contribution in [0.15, 0.2) is 30.3 Å². The Morgan fingerprint density at radius 1 is 1.29 bits per heavy atom. The third-order valence-electron chi connectivity index (χ3n) is 1.57. The second-order valence-electron chi connectivity index (χ2n) is 2.55. The van der Waals surface area contributed by atoms with E-state index >= 15 is 0 Å². The number of nitrogens with one attached hydrogen (secondary N) is 1. The molecule has 6 nitrogen and oxygen atoms in total. The number of H-pyrrole nitrogens is 1. The largest absolute Gasteiger partial charge is 0.604 e. The van der Waals surface area contributed by atoms with Crippen molar-refractivity contribution in [3.8, 4) is 5.75 Å². The van der Waals surface area contributed by atoms with E-state index in [4.69, 9.17) is 4.65 Å². The van der Waals surface area contributed by atoms with Crippen molar-refractivity contribution in [3.05, 3.63) is 30.3 Å². The molecule has 2 aromatic rings. The van der Waals surface area contributed by atoms with Crippen LogP contribution >= 0.6 is 0 Å². The van der Waals surface area contributed by atoms with Crippen LogP contribution in [-0.4, -0.2) is 32.8 Å². The van der Waals surface area contributed by atoms with Gasteiger partial charge in [0.1, 0.15) is 5.75 Å². The molecule has 1 aromatic carbocycles. The van der Waals surface area contributed by atoms with E-state index in [-0.39, 0.29) is 5.72 Å². The molecule has 14 heavy (non-hydrogen) atoms. The van der Waals surface area contributed by atoms with Crippen LogP contribution in [0.5, 0.6) is 5.75 Å². The summed E-state index contributed by atoms with van der Waals surface area (Å²) >= 11 is 0. The van der Waals surface area contributed by atoms with Crippen molar-refractivity contribution in [1.29, 1.82) is 0 Å². The average molecular weight is 190 g/mol.